The number of hydrogen-bond acceptors (Lipinski definition) is 5. The maximum Gasteiger partial charge on any atom is 0.323 e. The molecule has 140 valence electrons. The van der Waals surface area contributed by atoms with Crippen molar-refractivity contribution in [2.24, 2.45) is 0 Å². The van der Waals surface area contributed by atoms with Crippen molar-refractivity contribution < 1.29 is 19.0 Å². The summed E-state index contributed by atoms with van der Waals surface area (Å²) < 4.78 is 15.8. The number of methoxy groups -OCH3 is 3. The summed E-state index contributed by atoms with van der Waals surface area (Å²) in [5.41, 5.74) is 4.23. The van der Waals surface area contributed by atoms with Crippen LogP contribution in [0.15, 0.2) is 42.5 Å². The number of ether oxygens (including phenoxy) is 3. The van der Waals surface area contributed by atoms with Gasteiger partial charge in [0.1, 0.15) is 6.04 Å². The van der Waals surface area contributed by atoms with Crippen molar-refractivity contribution in [2.75, 3.05) is 21.3 Å². The van der Waals surface area contributed by atoms with Gasteiger partial charge in [0.2, 0.25) is 0 Å². The van der Waals surface area contributed by atoms with Gasteiger partial charge in [-0.25, -0.2) is 0 Å². The summed E-state index contributed by atoms with van der Waals surface area (Å²) in [7, 11) is 4.64. The van der Waals surface area contributed by atoms with Gasteiger partial charge in [-0.3, -0.25) is 10.1 Å². The van der Waals surface area contributed by atoms with E-state index in [1.54, 1.807) is 14.2 Å². The number of carbonyl (C=O) groups excluding carboxylic acids is 1. The van der Waals surface area contributed by atoms with E-state index in [0.717, 1.165) is 27.7 Å². The Balaban J connectivity index is 1.86. The number of para-hydroxylation sites is 1. The highest BCUT2D eigenvalue weighted by molar-refractivity contribution is 5.87. The second-order valence-electron chi connectivity index (χ2n) is 6.56. The second-order valence-corrected chi connectivity index (χ2v) is 6.56. The lowest BCUT2D eigenvalue weighted by Gasteiger charge is -2.30. The van der Waals surface area contributed by atoms with E-state index in [1.807, 2.05) is 36.4 Å². The first kappa shape index (κ1) is 17.4. The van der Waals surface area contributed by atoms with Crippen molar-refractivity contribution >= 4 is 16.9 Å². The summed E-state index contributed by atoms with van der Waals surface area (Å²) in [6.07, 6.45) is 0.579. The third-order valence-corrected chi connectivity index (χ3v) is 5.14. The minimum atomic E-state index is -0.417. The van der Waals surface area contributed by atoms with Crippen molar-refractivity contribution in [3.63, 3.8) is 0 Å². The SMILES string of the molecule is COC(=O)[C@@H]1Cc2c([nH]c3ccccc23)[C@@H](c2ccc(OC)c(OC)c2)N1. The van der Waals surface area contributed by atoms with Crippen molar-refractivity contribution in [1.29, 1.82) is 0 Å². The smallest absolute Gasteiger partial charge is 0.323 e. The van der Waals surface area contributed by atoms with E-state index in [2.05, 4.69) is 16.4 Å². The Labute approximate surface area is 157 Å². The molecule has 1 aromatic heterocycles. The predicted octanol–water partition coefficient (Wildman–Crippen LogP) is 2.96. The number of nitrogens with one attached hydrogen (secondary N) is 2. The van der Waals surface area contributed by atoms with E-state index < -0.39 is 6.04 Å². The van der Waals surface area contributed by atoms with Gasteiger partial charge in [0.05, 0.1) is 27.4 Å². The van der Waals surface area contributed by atoms with Gasteiger partial charge in [-0.15, -0.1) is 0 Å². The van der Waals surface area contributed by atoms with Crippen LogP contribution in [0.3, 0.4) is 0 Å². The predicted molar refractivity (Wildman–Crippen MR) is 102 cm³/mol. The third-order valence-electron chi connectivity index (χ3n) is 5.14. The number of H-pyrrole nitrogens is 1. The molecule has 0 saturated carbocycles. The Morgan fingerprint density at radius 1 is 1.04 bits per heavy atom. The van der Waals surface area contributed by atoms with Crippen LogP contribution < -0.4 is 14.8 Å². The molecule has 1 aliphatic heterocycles. The molecule has 1 aliphatic rings. The standard InChI is InChI=1S/C21H22N2O4/c1-25-17-9-8-12(10-18(17)26-2)19-20-14(11-16(23-19)21(24)27-3)13-6-4-5-7-15(13)22-20/h4-10,16,19,22-23H,11H2,1-3H3/t16-,19+/m0/s1. The lowest BCUT2D eigenvalue weighted by Crippen LogP contribution is -2.45. The van der Waals surface area contributed by atoms with Crippen LogP contribution in [0.1, 0.15) is 22.9 Å². The van der Waals surface area contributed by atoms with Crippen molar-refractivity contribution in [3.8, 4) is 11.5 Å². The van der Waals surface area contributed by atoms with Gasteiger partial charge < -0.3 is 19.2 Å². The maximum absolute atomic E-state index is 12.3. The number of hydrogen-bond donors (Lipinski definition) is 2. The van der Waals surface area contributed by atoms with Gasteiger partial charge in [0.15, 0.2) is 11.5 Å². The minimum absolute atomic E-state index is 0.190. The molecule has 0 bridgehead atoms. The molecule has 0 fully saturated rings. The topological polar surface area (TPSA) is 72.6 Å². The van der Waals surface area contributed by atoms with Crippen molar-refractivity contribution in [3.05, 3.63) is 59.3 Å². The number of esters is 1. The Morgan fingerprint density at radius 3 is 2.56 bits per heavy atom. The normalized spacial score (nSPS) is 18.8. The summed E-state index contributed by atoms with van der Waals surface area (Å²) in [5.74, 6) is 1.05. The molecule has 0 amide bonds. The number of fused-ring (bicyclic) bond motifs is 3. The molecule has 27 heavy (non-hydrogen) atoms. The molecule has 0 radical (unpaired) electrons. The van der Waals surface area contributed by atoms with E-state index in [4.69, 9.17) is 14.2 Å². The van der Waals surface area contributed by atoms with Gasteiger partial charge in [0.25, 0.3) is 0 Å². The summed E-state index contributed by atoms with van der Waals surface area (Å²) in [5, 5.41) is 4.56. The number of benzene rings is 2. The van der Waals surface area contributed by atoms with Crippen LogP contribution in [0.25, 0.3) is 10.9 Å². The third kappa shape index (κ3) is 2.92. The van der Waals surface area contributed by atoms with Crippen LogP contribution in [0.4, 0.5) is 0 Å². The van der Waals surface area contributed by atoms with Crippen molar-refractivity contribution in [2.45, 2.75) is 18.5 Å². The van der Waals surface area contributed by atoms with Gasteiger partial charge >= 0.3 is 5.97 Å². The number of rotatable bonds is 4. The largest absolute Gasteiger partial charge is 0.493 e. The molecule has 0 spiro atoms. The van der Waals surface area contributed by atoms with Gasteiger partial charge in [0, 0.05) is 23.0 Å². The highest BCUT2D eigenvalue weighted by Gasteiger charge is 2.34. The molecule has 0 unspecified atom stereocenters. The van der Waals surface area contributed by atoms with Gasteiger partial charge in [-0.1, -0.05) is 24.3 Å². The summed E-state index contributed by atoms with van der Waals surface area (Å²) in [6, 6.07) is 13.3. The first-order chi connectivity index (χ1) is 13.2. The maximum atomic E-state index is 12.3. The summed E-state index contributed by atoms with van der Waals surface area (Å²) in [4.78, 5) is 15.8. The molecule has 2 aromatic carbocycles. The molecule has 2 atom stereocenters. The highest BCUT2D eigenvalue weighted by atomic mass is 16.5. The average molecular weight is 366 g/mol. The summed E-state index contributed by atoms with van der Waals surface area (Å²) >= 11 is 0. The Bertz CT molecular complexity index is 995. The molecule has 3 aromatic rings. The van der Waals surface area contributed by atoms with Crippen LogP contribution in [0.2, 0.25) is 0 Å². The van der Waals surface area contributed by atoms with E-state index in [9.17, 15) is 4.79 Å². The van der Waals surface area contributed by atoms with Crippen LogP contribution in [-0.4, -0.2) is 38.3 Å². The second kappa shape index (κ2) is 6.96. The fourth-order valence-electron chi connectivity index (χ4n) is 3.82. The van der Waals surface area contributed by atoms with Crippen LogP contribution in [0.5, 0.6) is 11.5 Å². The van der Waals surface area contributed by atoms with E-state index in [0.29, 0.717) is 17.9 Å². The highest BCUT2D eigenvalue weighted by Crippen LogP contribution is 2.38. The summed E-state index contributed by atoms with van der Waals surface area (Å²) in [6.45, 7) is 0. The molecule has 2 heterocycles. The molecular formula is C21H22N2O4. The number of carbonyl (C=O) groups is 1. The molecular weight excluding hydrogens is 344 g/mol. The average Bonchev–Trinajstić information content (AvgIpc) is 3.10. The first-order valence-electron chi connectivity index (χ1n) is 8.81. The van der Waals surface area contributed by atoms with E-state index in [1.165, 1.54) is 7.11 Å². The quantitative estimate of drug-likeness (QED) is 0.695. The molecule has 2 N–H and O–H groups in total. The Kier molecular flexibility index (Phi) is 4.49. The van der Waals surface area contributed by atoms with E-state index >= 15 is 0 Å². The Hall–Kier alpha value is -2.99. The fraction of sp³-hybridized carbons (Fsp3) is 0.286. The van der Waals surface area contributed by atoms with Gasteiger partial charge in [-0.2, -0.15) is 0 Å². The monoisotopic (exact) mass is 366 g/mol. The minimum Gasteiger partial charge on any atom is -0.493 e. The van der Waals surface area contributed by atoms with Crippen LogP contribution in [-0.2, 0) is 16.0 Å². The van der Waals surface area contributed by atoms with E-state index in [-0.39, 0.29) is 12.0 Å². The zero-order chi connectivity index (χ0) is 19.0. The molecule has 0 saturated heterocycles. The zero-order valence-electron chi connectivity index (χ0n) is 15.5. The lowest BCUT2D eigenvalue weighted by atomic mass is 9.90. The first-order valence-corrected chi connectivity index (χ1v) is 8.81. The number of aromatic nitrogens is 1. The lowest BCUT2D eigenvalue weighted by molar-refractivity contribution is -0.143. The molecule has 4 rings (SSSR count). The zero-order valence-corrected chi connectivity index (χ0v) is 15.5. The molecule has 0 aliphatic carbocycles. The number of aromatic amines is 1. The fourth-order valence-corrected chi connectivity index (χ4v) is 3.82. The van der Waals surface area contributed by atoms with Gasteiger partial charge in [-0.05, 0) is 29.3 Å². The molecule has 6 nitrogen and oxygen atoms in total. The van der Waals surface area contributed by atoms with Crippen LogP contribution in [0, 0.1) is 0 Å². The van der Waals surface area contributed by atoms with Crippen LogP contribution >= 0.6 is 0 Å². The Morgan fingerprint density at radius 2 is 1.81 bits per heavy atom. The van der Waals surface area contributed by atoms with Crippen molar-refractivity contribution in [1.82, 2.24) is 10.3 Å². The molecule has 6 heteroatoms.